The van der Waals surface area contributed by atoms with Crippen molar-refractivity contribution in [2.75, 3.05) is 25.0 Å². The van der Waals surface area contributed by atoms with Crippen molar-refractivity contribution in [3.8, 4) is 0 Å². The lowest BCUT2D eigenvalue weighted by Crippen LogP contribution is -2.31. The molecule has 1 saturated heterocycles. The Morgan fingerprint density at radius 1 is 1.18 bits per heavy atom. The normalized spacial score (nSPS) is 16.4. The van der Waals surface area contributed by atoms with E-state index in [9.17, 15) is 14.7 Å². The maximum Gasteiger partial charge on any atom is 0.306 e. The lowest BCUT2D eigenvalue weighted by atomic mass is 10.0. The molecule has 1 amide bonds. The van der Waals surface area contributed by atoms with E-state index in [1.807, 2.05) is 12.1 Å². The first kappa shape index (κ1) is 22.4. The van der Waals surface area contributed by atoms with Crippen LogP contribution in [0, 0.1) is 0 Å². The number of nitrogens with one attached hydrogen (secondary N) is 1. The van der Waals surface area contributed by atoms with Crippen LogP contribution in [0.1, 0.15) is 71.0 Å². The van der Waals surface area contributed by atoms with Crippen LogP contribution in [-0.4, -0.2) is 47.1 Å². The third-order valence-electron chi connectivity index (χ3n) is 4.70. The number of rotatable bonds is 8. The summed E-state index contributed by atoms with van der Waals surface area (Å²) in [5.41, 5.74) is 0.873. The van der Waals surface area contributed by atoms with Gasteiger partial charge in [0.25, 0.3) is 0 Å². The number of carbonyl (C=O) groups is 2. The largest absolute Gasteiger partial charge is 0.460 e. The highest BCUT2D eigenvalue weighted by atomic mass is 16.6. The molecule has 1 aliphatic rings. The molecule has 1 heterocycles. The Labute approximate surface area is 168 Å². The number of anilines is 1. The highest BCUT2D eigenvalue weighted by Crippen LogP contribution is 2.22. The third kappa shape index (κ3) is 8.40. The average molecular weight is 391 g/mol. The summed E-state index contributed by atoms with van der Waals surface area (Å²) < 4.78 is 5.21. The molecule has 0 aliphatic carbocycles. The minimum absolute atomic E-state index is 0.0429. The molecular weight excluding hydrogens is 356 g/mol. The van der Waals surface area contributed by atoms with Gasteiger partial charge in [-0.3, -0.25) is 9.59 Å². The van der Waals surface area contributed by atoms with Crippen LogP contribution in [0.15, 0.2) is 24.3 Å². The van der Waals surface area contributed by atoms with Gasteiger partial charge in [0.05, 0.1) is 12.5 Å². The van der Waals surface area contributed by atoms with Gasteiger partial charge < -0.3 is 20.1 Å². The lowest BCUT2D eigenvalue weighted by molar-refractivity contribution is -0.155. The molecule has 0 unspecified atom stereocenters. The Bertz CT molecular complexity index is 648. The molecule has 0 radical (unpaired) electrons. The van der Waals surface area contributed by atoms with Crippen molar-refractivity contribution in [2.24, 2.45) is 0 Å². The minimum Gasteiger partial charge on any atom is -0.460 e. The van der Waals surface area contributed by atoms with Gasteiger partial charge in [0.2, 0.25) is 5.91 Å². The van der Waals surface area contributed by atoms with Gasteiger partial charge in [-0.05, 0) is 70.8 Å². The van der Waals surface area contributed by atoms with E-state index in [1.54, 1.807) is 32.9 Å². The second kappa shape index (κ2) is 10.6. The summed E-state index contributed by atoms with van der Waals surface area (Å²) >= 11 is 0. The molecule has 1 aromatic carbocycles. The number of piperidine rings is 1. The Morgan fingerprint density at radius 2 is 1.89 bits per heavy atom. The lowest BCUT2D eigenvalue weighted by Gasteiger charge is -2.27. The average Bonchev–Trinajstić information content (AvgIpc) is 2.64. The highest BCUT2D eigenvalue weighted by Gasteiger charge is 2.17. The quantitative estimate of drug-likeness (QED) is 0.662. The molecule has 1 aliphatic heterocycles. The first-order chi connectivity index (χ1) is 13.2. The van der Waals surface area contributed by atoms with Crippen molar-refractivity contribution in [1.29, 1.82) is 0 Å². The maximum absolute atomic E-state index is 12.1. The fourth-order valence-corrected chi connectivity index (χ4v) is 3.31. The van der Waals surface area contributed by atoms with E-state index in [4.69, 9.17) is 4.74 Å². The van der Waals surface area contributed by atoms with Gasteiger partial charge in [0.1, 0.15) is 5.60 Å². The molecule has 1 aromatic rings. The molecule has 0 aromatic heterocycles. The number of aliphatic hydroxyl groups is 1. The SMILES string of the molecule is CC(C)(C)OC(=O)CCC(=O)Nc1cccc([C@H](O)CCN2CCCCC2)c1. The second-order valence-electron chi connectivity index (χ2n) is 8.47. The van der Waals surface area contributed by atoms with Gasteiger partial charge in [0.15, 0.2) is 0 Å². The number of esters is 1. The standard InChI is InChI=1S/C22H34N2O4/c1-22(2,3)28-21(27)11-10-20(26)23-18-9-7-8-17(16-18)19(25)12-15-24-13-5-4-6-14-24/h7-9,16,19,25H,4-6,10-15H2,1-3H3,(H,23,26)/t19-/m1/s1. The van der Waals surface area contributed by atoms with Crippen LogP contribution in [0.4, 0.5) is 5.69 Å². The predicted octanol–water partition coefficient (Wildman–Crippen LogP) is 3.66. The van der Waals surface area contributed by atoms with Crippen molar-refractivity contribution in [2.45, 2.75) is 71.0 Å². The first-order valence-electron chi connectivity index (χ1n) is 10.2. The fourth-order valence-electron chi connectivity index (χ4n) is 3.31. The molecule has 1 fully saturated rings. The van der Waals surface area contributed by atoms with E-state index < -0.39 is 11.7 Å². The smallest absolute Gasteiger partial charge is 0.306 e. The summed E-state index contributed by atoms with van der Waals surface area (Å²) in [6.07, 6.45) is 4.00. The zero-order valence-electron chi connectivity index (χ0n) is 17.4. The van der Waals surface area contributed by atoms with Gasteiger partial charge in [-0.25, -0.2) is 0 Å². The van der Waals surface area contributed by atoms with Crippen LogP contribution >= 0.6 is 0 Å². The summed E-state index contributed by atoms with van der Waals surface area (Å²) in [7, 11) is 0. The van der Waals surface area contributed by atoms with Gasteiger partial charge in [0, 0.05) is 18.7 Å². The van der Waals surface area contributed by atoms with Crippen molar-refractivity contribution in [1.82, 2.24) is 4.90 Å². The van der Waals surface area contributed by atoms with E-state index >= 15 is 0 Å². The van der Waals surface area contributed by atoms with Gasteiger partial charge in [-0.2, -0.15) is 0 Å². The maximum atomic E-state index is 12.1. The number of aliphatic hydroxyl groups excluding tert-OH is 1. The van der Waals surface area contributed by atoms with Crippen molar-refractivity contribution in [3.63, 3.8) is 0 Å². The minimum atomic E-state index is -0.555. The number of likely N-dealkylation sites (tertiary alicyclic amines) is 1. The van der Waals surface area contributed by atoms with Crippen LogP contribution in [0.3, 0.4) is 0 Å². The zero-order chi connectivity index (χ0) is 20.6. The number of hydrogen-bond acceptors (Lipinski definition) is 5. The number of carbonyl (C=O) groups excluding carboxylic acids is 2. The topological polar surface area (TPSA) is 78.9 Å². The number of ether oxygens (including phenoxy) is 1. The summed E-state index contributed by atoms with van der Waals surface area (Å²) in [5.74, 6) is -0.629. The van der Waals surface area contributed by atoms with Crippen LogP contribution < -0.4 is 5.32 Å². The predicted molar refractivity (Wildman–Crippen MR) is 110 cm³/mol. The molecule has 6 nitrogen and oxygen atoms in total. The Balaban J connectivity index is 1.79. The number of hydrogen-bond donors (Lipinski definition) is 2. The number of nitrogens with zero attached hydrogens (tertiary/aromatic N) is 1. The molecule has 156 valence electrons. The summed E-state index contributed by atoms with van der Waals surface area (Å²) in [6.45, 7) is 8.50. The van der Waals surface area contributed by atoms with Crippen molar-refractivity contribution >= 4 is 17.6 Å². The van der Waals surface area contributed by atoms with Crippen LogP contribution in [0.2, 0.25) is 0 Å². The molecular formula is C22H34N2O4. The van der Waals surface area contributed by atoms with E-state index in [0.29, 0.717) is 12.1 Å². The zero-order valence-corrected chi connectivity index (χ0v) is 17.4. The first-order valence-corrected chi connectivity index (χ1v) is 10.2. The molecule has 1 atom stereocenters. The number of benzene rings is 1. The Hall–Kier alpha value is -1.92. The molecule has 6 heteroatoms. The third-order valence-corrected chi connectivity index (χ3v) is 4.70. The van der Waals surface area contributed by atoms with Gasteiger partial charge >= 0.3 is 5.97 Å². The molecule has 0 bridgehead atoms. The van der Waals surface area contributed by atoms with Crippen LogP contribution in [0.5, 0.6) is 0 Å². The van der Waals surface area contributed by atoms with Crippen molar-refractivity contribution < 1.29 is 19.4 Å². The van der Waals surface area contributed by atoms with E-state index in [2.05, 4.69) is 10.2 Å². The summed E-state index contributed by atoms with van der Waals surface area (Å²) in [6, 6.07) is 7.28. The van der Waals surface area contributed by atoms with Crippen molar-refractivity contribution in [3.05, 3.63) is 29.8 Å². The van der Waals surface area contributed by atoms with E-state index in [1.165, 1.54) is 19.3 Å². The molecule has 28 heavy (non-hydrogen) atoms. The number of amides is 1. The molecule has 0 spiro atoms. The Morgan fingerprint density at radius 3 is 2.57 bits per heavy atom. The monoisotopic (exact) mass is 390 g/mol. The van der Waals surface area contributed by atoms with Gasteiger partial charge in [-0.15, -0.1) is 0 Å². The van der Waals surface area contributed by atoms with E-state index in [0.717, 1.165) is 25.2 Å². The molecule has 2 rings (SSSR count). The van der Waals surface area contributed by atoms with Crippen LogP contribution in [0.25, 0.3) is 0 Å². The Kier molecular flexibility index (Phi) is 8.45. The highest BCUT2D eigenvalue weighted by molar-refractivity contribution is 5.92. The molecule has 2 N–H and O–H groups in total. The summed E-state index contributed by atoms with van der Waals surface area (Å²) in [5, 5.41) is 13.3. The molecule has 0 saturated carbocycles. The summed E-state index contributed by atoms with van der Waals surface area (Å²) in [4.78, 5) is 26.2. The fraction of sp³-hybridized carbons (Fsp3) is 0.636. The second-order valence-corrected chi connectivity index (χ2v) is 8.47. The van der Waals surface area contributed by atoms with Crippen LogP contribution in [-0.2, 0) is 14.3 Å². The van der Waals surface area contributed by atoms with Gasteiger partial charge in [-0.1, -0.05) is 18.6 Å². The van der Waals surface area contributed by atoms with E-state index in [-0.39, 0.29) is 24.7 Å².